The number of hydrazone groups is 1. The van der Waals surface area contributed by atoms with Crippen molar-refractivity contribution in [3.8, 4) is 0 Å². The third-order valence-electron chi connectivity index (χ3n) is 2.61. The molecule has 3 N–H and O–H groups in total. The van der Waals surface area contributed by atoms with Crippen LogP contribution in [0.4, 0.5) is 0 Å². The Bertz CT molecular complexity index is 685. The summed E-state index contributed by atoms with van der Waals surface area (Å²) in [6, 6.07) is 8.95. The lowest BCUT2D eigenvalue weighted by Gasteiger charge is -2.02. The van der Waals surface area contributed by atoms with Crippen LogP contribution >= 0.6 is 15.9 Å². The molecule has 0 spiro atoms. The maximum Gasteiger partial charge on any atom is 0.264 e. The number of halogens is 1. The van der Waals surface area contributed by atoms with Gasteiger partial charge in [-0.05, 0) is 24.6 Å². The Morgan fingerprint density at radius 3 is 2.60 bits per heavy atom. The second-order valence-electron chi connectivity index (χ2n) is 4.20. The largest absolute Gasteiger partial charge is 0.302 e. The molecular weight excluding hydrogens is 324 g/mol. The first-order valence-electron chi connectivity index (χ1n) is 5.90. The number of amides is 1. The molecule has 0 fully saturated rings. The number of aromatic amines is 2. The number of hydrogen-bond donors (Lipinski definition) is 3. The first-order valence-corrected chi connectivity index (χ1v) is 6.69. The lowest BCUT2D eigenvalue weighted by molar-refractivity contribution is -0.120. The lowest BCUT2D eigenvalue weighted by atomic mass is 10.1. The van der Waals surface area contributed by atoms with Gasteiger partial charge in [-0.2, -0.15) is 5.10 Å². The summed E-state index contributed by atoms with van der Waals surface area (Å²) in [4.78, 5) is 22.6. The van der Waals surface area contributed by atoms with E-state index >= 15 is 0 Å². The quantitative estimate of drug-likeness (QED) is 0.584. The van der Waals surface area contributed by atoms with E-state index in [0.717, 1.165) is 10.0 Å². The summed E-state index contributed by atoms with van der Waals surface area (Å²) >= 11 is 3.35. The molecule has 6 nitrogen and oxygen atoms in total. The zero-order valence-electron chi connectivity index (χ0n) is 10.7. The van der Waals surface area contributed by atoms with E-state index in [4.69, 9.17) is 0 Å². The average Bonchev–Trinajstić information content (AvgIpc) is 2.82. The summed E-state index contributed by atoms with van der Waals surface area (Å²) in [6.07, 6.45) is 0.0653. The minimum Gasteiger partial charge on any atom is -0.302 e. The van der Waals surface area contributed by atoms with Gasteiger partial charge in [0.1, 0.15) is 0 Å². The van der Waals surface area contributed by atoms with Crippen LogP contribution in [-0.2, 0) is 11.2 Å². The molecule has 0 radical (unpaired) electrons. The van der Waals surface area contributed by atoms with Gasteiger partial charge in [0.25, 0.3) is 5.56 Å². The monoisotopic (exact) mass is 336 g/mol. The zero-order valence-corrected chi connectivity index (χ0v) is 12.3. The van der Waals surface area contributed by atoms with E-state index in [-0.39, 0.29) is 17.9 Å². The molecule has 0 saturated carbocycles. The van der Waals surface area contributed by atoms with Gasteiger partial charge < -0.3 is 5.10 Å². The topological polar surface area (TPSA) is 90.1 Å². The number of carbonyl (C=O) groups excluding carboxylic acids is 1. The van der Waals surface area contributed by atoms with Crippen molar-refractivity contribution in [2.75, 3.05) is 0 Å². The molecule has 20 heavy (non-hydrogen) atoms. The zero-order chi connectivity index (χ0) is 14.5. The Morgan fingerprint density at radius 2 is 2.00 bits per heavy atom. The molecule has 0 saturated heterocycles. The van der Waals surface area contributed by atoms with Crippen molar-refractivity contribution in [2.24, 2.45) is 5.10 Å². The van der Waals surface area contributed by atoms with Crippen molar-refractivity contribution in [2.45, 2.75) is 13.3 Å². The van der Waals surface area contributed by atoms with Gasteiger partial charge in [0.05, 0.1) is 12.1 Å². The summed E-state index contributed by atoms with van der Waals surface area (Å²) in [6.45, 7) is 1.81. The van der Waals surface area contributed by atoms with Crippen LogP contribution in [0, 0.1) is 0 Å². The molecule has 0 unspecified atom stereocenters. The van der Waals surface area contributed by atoms with Crippen molar-refractivity contribution in [1.82, 2.24) is 15.6 Å². The smallest absolute Gasteiger partial charge is 0.264 e. The van der Waals surface area contributed by atoms with Crippen molar-refractivity contribution in [1.29, 1.82) is 0 Å². The molecule has 1 aromatic heterocycles. The normalized spacial score (nSPS) is 11.4. The minimum absolute atomic E-state index is 0.0653. The molecular formula is C13H13BrN4O2. The highest BCUT2D eigenvalue weighted by Crippen LogP contribution is 2.10. The van der Waals surface area contributed by atoms with Crippen LogP contribution in [0.25, 0.3) is 0 Å². The summed E-state index contributed by atoms with van der Waals surface area (Å²) in [5, 5.41) is 9.01. The Labute approximate surface area is 123 Å². The second kappa shape index (κ2) is 6.33. The minimum atomic E-state index is -0.295. The third-order valence-corrected chi connectivity index (χ3v) is 3.14. The summed E-state index contributed by atoms with van der Waals surface area (Å²) in [5.74, 6) is -0.295. The number of rotatable bonds is 4. The fourth-order valence-corrected chi connectivity index (χ4v) is 1.85. The first kappa shape index (κ1) is 14.3. The maximum atomic E-state index is 11.6. The molecule has 2 aromatic rings. The number of benzene rings is 1. The van der Waals surface area contributed by atoms with E-state index < -0.39 is 0 Å². The Hall–Kier alpha value is -2.15. The van der Waals surface area contributed by atoms with Crippen molar-refractivity contribution in [3.63, 3.8) is 0 Å². The lowest BCUT2D eigenvalue weighted by Crippen LogP contribution is -2.21. The second-order valence-corrected chi connectivity index (χ2v) is 5.12. The number of nitrogens with zero attached hydrogens (tertiary/aromatic N) is 1. The molecule has 1 amide bonds. The van der Waals surface area contributed by atoms with E-state index in [9.17, 15) is 9.59 Å². The molecule has 104 valence electrons. The van der Waals surface area contributed by atoms with Gasteiger partial charge in [-0.15, -0.1) is 0 Å². The van der Waals surface area contributed by atoms with Crippen LogP contribution in [0.5, 0.6) is 0 Å². The highest BCUT2D eigenvalue weighted by Gasteiger charge is 2.05. The van der Waals surface area contributed by atoms with Crippen molar-refractivity contribution < 1.29 is 4.79 Å². The van der Waals surface area contributed by atoms with Crippen molar-refractivity contribution >= 4 is 27.5 Å². The van der Waals surface area contributed by atoms with Gasteiger partial charge in [0.2, 0.25) is 5.91 Å². The number of H-pyrrole nitrogens is 2. The predicted octanol–water partition coefficient (Wildman–Crippen LogP) is 1.55. The fraction of sp³-hybridized carbons (Fsp3) is 0.154. The Morgan fingerprint density at radius 1 is 1.30 bits per heavy atom. The molecule has 0 aliphatic rings. The van der Waals surface area contributed by atoms with Gasteiger partial charge in [0, 0.05) is 16.2 Å². The van der Waals surface area contributed by atoms with E-state index in [1.807, 2.05) is 31.2 Å². The van der Waals surface area contributed by atoms with Gasteiger partial charge in [0.15, 0.2) is 0 Å². The third kappa shape index (κ3) is 3.92. The fourth-order valence-electron chi connectivity index (χ4n) is 1.58. The molecule has 0 bridgehead atoms. The molecule has 0 atom stereocenters. The van der Waals surface area contributed by atoms with Crippen LogP contribution in [0.1, 0.15) is 18.2 Å². The molecule has 0 aliphatic carbocycles. The Kier molecular flexibility index (Phi) is 4.52. The van der Waals surface area contributed by atoms with Crippen LogP contribution in [0.3, 0.4) is 0 Å². The molecule has 7 heteroatoms. The number of hydrogen-bond acceptors (Lipinski definition) is 3. The van der Waals surface area contributed by atoms with E-state index in [1.54, 1.807) is 0 Å². The van der Waals surface area contributed by atoms with E-state index in [0.29, 0.717) is 11.4 Å². The van der Waals surface area contributed by atoms with E-state index in [2.05, 4.69) is 36.7 Å². The highest BCUT2D eigenvalue weighted by atomic mass is 79.9. The molecule has 1 heterocycles. The summed E-state index contributed by atoms with van der Waals surface area (Å²) in [5.41, 5.74) is 4.33. The van der Waals surface area contributed by atoms with Gasteiger partial charge >= 0.3 is 0 Å². The van der Waals surface area contributed by atoms with Crippen LogP contribution < -0.4 is 11.0 Å². The molecule has 0 aliphatic heterocycles. The summed E-state index contributed by atoms with van der Waals surface area (Å²) in [7, 11) is 0. The van der Waals surface area contributed by atoms with Crippen LogP contribution in [0.15, 0.2) is 44.7 Å². The van der Waals surface area contributed by atoms with Gasteiger partial charge in [-0.1, -0.05) is 28.1 Å². The summed E-state index contributed by atoms with van der Waals surface area (Å²) < 4.78 is 0.981. The number of carbonyl (C=O) groups is 1. The highest BCUT2D eigenvalue weighted by molar-refractivity contribution is 9.10. The standard InChI is InChI=1S/C13H13BrN4O2/c1-8(9-2-4-10(14)5-3-9)15-17-12(19)6-11-7-13(20)18-16-11/h2-5,7H,6H2,1H3,(H,17,19)(H2,16,18,20)/b15-8-. The molecule has 1 aromatic carbocycles. The average molecular weight is 337 g/mol. The number of aromatic nitrogens is 2. The van der Waals surface area contributed by atoms with Crippen LogP contribution in [0.2, 0.25) is 0 Å². The Balaban J connectivity index is 1.96. The number of nitrogens with one attached hydrogen (secondary N) is 3. The van der Waals surface area contributed by atoms with Crippen LogP contribution in [-0.4, -0.2) is 21.8 Å². The van der Waals surface area contributed by atoms with Crippen molar-refractivity contribution in [3.05, 3.63) is 56.4 Å². The first-order chi connectivity index (χ1) is 9.54. The van der Waals surface area contributed by atoms with Gasteiger partial charge in [-0.25, -0.2) is 5.43 Å². The maximum absolute atomic E-state index is 11.6. The van der Waals surface area contributed by atoms with Gasteiger partial charge in [-0.3, -0.25) is 14.7 Å². The predicted molar refractivity (Wildman–Crippen MR) is 79.6 cm³/mol. The SMILES string of the molecule is C/C(=N/NC(=O)Cc1cc(=O)[nH][nH]1)c1ccc(Br)cc1. The molecule has 2 rings (SSSR count). The van der Waals surface area contributed by atoms with E-state index in [1.165, 1.54) is 6.07 Å².